The lowest BCUT2D eigenvalue weighted by atomic mass is 9.79. The van der Waals surface area contributed by atoms with E-state index in [0.717, 1.165) is 31.5 Å². The minimum Gasteiger partial charge on any atom is -0.290 e. The standard InChI is InChI=1S/C18H20IN3O/c19-13-9-14(11-5-2-1-3-6-11)22-17(13)20-16(21-22)15(23)12-10-18(12)7-4-8-18/h2,5-6,12-14H,1,3-4,7-10H2/t12?,13-,14-/m0/s1. The maximum atomic E-state index is 12.7. The van der Waals surface area contributed by atoms with Crippen molar-refractivity contribution in [3.05, 3.63) is 35.4 Å². The van der Waals surface area contributed by atoms with Gasteiger partial charge < -0.3 is 0 Å². The molecule has 0 aromatic carbocycles. The largest absolute Gasteiger partial charge is 0.290 e. The molecule has 3 aliphatic carbocycles. The lowest BCUT2D eigenvalue weighted by Crippen LogP contribution is -2.20. The van der Waals surface area contributed by atoms with Crippen LogP contribution in [0.3, 0.4) is 0 Å². The van der Waals surface area contributed by atoms with E-state index >= 15 is 0 Å². The van der Waals surface area contributed by atoms with Crippen LogP contribution in [0.2, 0.25) is 0 Å². The average Bonchev–Trinajstić information content (AvgIpc) is 3.05. The molecule has 5 heteroatoms. The van der Waals surface area contributed by atoms with Crippen LogP contribution < -0.4 is 0 Å². The second-order valence-corrected chi connectivity index (χ2v) is 8.98. The predicted molar refractivity (Wildman–Crippen MR) is 95.6 cm³/mol. The van der Waals surface area contributed by atoms with Gasteiger partial charge in [0, 0.05) is 5.92 Å². The molecule has 1 aromatic heterocycles. The van der Waals surface area contributed by atoms with Crippen LogP contribution in [0.15, 0.2) is 23.8 Å². The maximum absolute atomic E-state index is 12.7. The quantitative estimate of drug-likeness (QED) is 0.414. The molecule has 2 heterocycles. The zero-order valence-corrected chi connectivity index (χ0v) is 15.2. The lowest BCUT2D eigenvalue weighted by molar-refractivity contribution is 0.0914. The molecule has 120 valence electrons. The number of hydrogen-bond acceptors (Lipinski definition) is 3. The van der Waals surface area contributed by atoms with Gasteiger partial charge in [0.1, 0.15) is 5.82 Å². The second-order valence-electron chi connectivity index (χ2n) is 7.48. The van der Waals surface area contributed by atoms with E-state index in [-0.39, 0.29) is 17.7 Å². The second kappa shape index (κ2) is 5.01. The summed E-state index contributed by atoms with van der Waals surface area (Å²) in [7, 11) is 0. The maximum Gasteiger partial charge on any atom is 0.217 e. The molecular weight excluding hydrogens is 401 g/mol. The number of rotatable bonds is 3. The van der Waals surface area contributed by atoms with Crippen LogP contribution in [0.25, 0.3) is 0 Å². The van der Waals surface area contributed by atoms with E-state index < -0.39 is 0 Å². The van der Waals surface area contributed by atoms with Crippen molar-refractivity contribution in [3.63, 3.8) is 0 Å². The molecule has 1 spiro atoms. The third kappa shape index (κ3) is 2.11. The topological polar surface area (TPSA) is 47.8 Å². The van der Waals surface area contributed by atoms with Crippen molar-refractivity contribution in [2.75, 3.05) is 0 Å². The third-order valence-corrected chi connectivity index (χ3v) is 7.21. The monoisotopic (exact) mass is 421 g/mol. The molecule has 0 radical (unpaired) electrons. The highest BCUT2D eigenvalue weighted by Gasteiger charge is 2.61. The Hall–Kier alpha value is -0.980. The van der Waals surface area contributed by atoms with E-state index in [4.69, 9.17) is 0 Å². The van der Waals surface area contributed by atoms with Gasteiger partial charge in [0.05, 0.1) is 9.97 Å². The molecule has 5 rings (SSSR count). The molecule has 0 N–H and O–H groups in total. The molecule has 4 nitrogen and oxygen atoms in total. The SMILES string of the molecule is O=C(c1nc2n(n1)[C@H](C1=CCCC=C1)C[C@@H]2I)C1CC12CCC2. The number of fused-ring (bicyclic) bond motifs is 1. The predicted octanol–water partition coefficient (Wildman–Crippen LogP) is 4.35. The number of nitrogens with zero attached hydrogens (tertiary/aromatic N) is 3. The average molecular weight is 421 g/mol. The number of allylic oxidation sites excluding steroid dienone is 4. The van der Waals surface area contributed by atoms with E-state index in [1.165, 1.54) is 24.8 Å². The number of alkyl halides is 1. The number of carbonyl (C=O) groups excluding carboxylic acids is 1. The first-order valence-electron chi connectivity index (χ1n) is 8.69. The highest BCUT2D eigenvalue weighted by Crippen LogP contribution is 2.66. The minimum absolute atomic E-state index is 0.196. The zero-order chi connectivity index (χ0) is 15.6. The highest BCUT2D eigenvalue weighted by atomic mass is 127. The van der Waals surface area contributed by atoms with Crippen LogP contribution in [0.5, 0.6) is 0 Å². The molecule has 23 heavy (non-hydrogen) atoms. The Morgan fingerprint density at radius 2 is 2.22 bits per heavy atom. The summed E-state index contributed by atoms with van der Waals surface area (Å²) in [6, 6.07) is 0.259. The van der Waals surface area contributed by atoms with Gasteiger partial charge in [-0.2, -0.15) is 0 Å². The van der Waals surface area contributed by atoms with Gasteiger partial charge in [-0.05, 0) is 49.5 Å². The number of halogens is 1. The molecule has 0 amide bonds. The van der Waals surface area contributed by atoms with Gasteiger partial charge in [-0.15, -0.1) is 5.10 Å². The van der Waals surface area contributed by atoms with Crippen LogP contribution in [0, 0.1) is 11.3 Å². The van der Waals surface area contributed by atoms with E-state index in [0.29, 0.717) is 15.2 Å². The number of Topliss-reactive ketones (excluding diaryl/α,β-unsaturated/α-hetero) is 1. The number of hydrogen-bond donors (Lipinski definition) is 0. The Kier molecular flexibility index (Phi) is 3.13. The Labute approximate surface area is 149 Å². The fraction of sp³-hybridized carbons (Fsp3) is 0.611. The Morgan fingerprint density at radius 1 is 1.35 bits per heavy atom. The summed E-state index contributed by atoms with van der Waals surface area (Å²) in [5.41, 5.74) is 1.69. The normalized spacial score (nSPS) is 33.3. The van der Waals surface area contributed by atoms with Gasteiger partial charge in [0.15, 0.2) is 0 Å². The van der Waals surface area contributed by atoms with E-state index in [2.05, 4.69) is 50.9 Å². The first kappa shape index (κ1) is 14.4. The van der Waals surface area contributed by atoms with Crippen LogP contribution >= 0.6 is 22.6 Å². The van der Waals surface area contributed by atoms with Gasteiger partial charge in [0.25, 0.3) is 0 Å². The molecule has 1 aromatic rings. The Balaban J connectivity index is 1.44. The van der Waals surface area contributed by atoms with Gasteiger partial charge >= 0.3 is 0 Å². The summed E-state index contributed by atoms with van der Waals surface area (Å²) in [6.45, 7) is 0. The van der Waals surface area contributed by atoms with Gasteiger partial charge in [-0.3, -0.25) is 4.79 Å². The summed E-state index contributed by atoms with van der Waals surface area (Å²) in [6.07, 6.45) is 14.9. The number of aromatic nitrogens is 3. The summed E-state index contributed by atoms with van der Waals surface area (Å²) in [5, 5.41) is 4.66. The Bertz CT molecular complexity index is 743. The van der Waals surface area contributed by atoms with Crippen molar-refractivity contribution in [1.29, 1.82) is 0 Å². The van der Waals surface area contributed by atoms with Crippen molar-refractivity contribution in [3.8, 4) is 0 Å². The van der Waals surface area contributed by atoms with E-state index in [9.17, 15) is 4.79 Å². The summed E-state index contributed by atoms with van der Waals surface area (Å²) in [4.78, 5) is 17.4. The fourth-order valence-corrected chi connectivity index (χ4v) is 5.41. The molecule has 2 saturated carbocycles. The summed E-state index contributed by atoms with van der Waals surface area (Å²) < 4.78 is 2.38. The number of ketones is 1. The van der Waals surface area contributed by atoms with Crippen molar-refractivity contribution >= 4 is 28.4 Å². The molecule has 3 atom stereocenters. The molecule has 0 bridgehead atoms. The van der Waals surface area contributed by atoms with Crippen molar-refractivity contribution in [2.45, 2.75) is 54.9 Å². The molecule has 1 aliphatic heterocycles. The molecule has 4 aliphatic rings. The first-order valence-corrected chi connectivity index (χ1v) is 9.94. The van der Waals surface area contributed by atoms with E-state index in [1.807, 2.05) is 4.68 Å². The van der Waals surface area contributed by atoms with E-state index in [1.54, 1.807) is 0 Å². The van der Waals surface area contributed by atoms with Crippen LogP contribution in [-0.2, 0) is 0 Å². The molecule has 0 saturated heterocycles. The molecule has 2 fully saturated rings. The van der Waals surface area contributed by atoms with Crippen LogP contribution in [0.4, 0.5) is 0 Å². The third-order valence-electron chi connectivity index (χ3n) is 6.15. The lowest BCUT2D eigenvalue weighted by Gasteiger charge is -2.25. The summed E-state index contributed by atoms with van der Waals surface area (Å²) >= 11 is 2.44. The highest BCUT2D eigenvalue weighted by molar-refractivity contribution is 14.1. The van der Waals surface area contributed by atoms with Crippen molar-refractivity contribution in [2.24, 2.45) is 11.3 Å². The minimum atomic E-state index is 0.196. The van der Waals surface area contributed by atoms with Crippen LogP contribution in [-0.4, -0.2) is 20.5 Å². The molecular formula is C18H20IN3O. The smallest absolute Gasteiger partial charge is 0.217 e. The van der Waals surface area contributed by atoms with Crippen LogP contribution in [0.1, 0.15) is 71.4 Å². The fourth-order valence-electron chi connectivity index (χ4n) is 4.50. The van der Waals surface area contributed by atoms with Gasteiger partial charge in [-0.1, -0.05) is 47.2 Å². The van der Waals surface area contributed by atoms with Crippen molar-refractivity contribution < 1.29 is 4.79 Å². The Morgan fingerprint density at radius 3 is 2.87 bits per heavy atom. The molecule has 1 unspecified atom stereocenters. The number of carbonyl (C=O) groups is 1. The zero-order valence-electron chi connectivity index (χ0n) is 13.0. The van der Waals surface area contributed by atoms with Crippen molar-refractivity contribution in [1.82, 2.24) is 14.8 Å². The van der Waals surface area contributed by atoms with Gasteiger partial charge in [-0.25, -0.2) is 9.67 Å². The van der Waals surface area contributed by atoms with Gasteiger partial charge in [0.2, 0.25) is 11.6 Å². The first-order chi connectivity index (χ1) is 11.2. The summed E-state index contributed by atoms with van der Waals surface area (Å²) in [5.74, 6) is 1.86.